The average Bonchev–Trinajstić information content (AvgIpc) is 2.29. The minimum Gasteiger partial charge on any atom is -0.399 e. The van der Waals surface area contributed by atoms with Crippen LogP contribution in [0.15, 0.2) is 24.3 Å². The summed E-state index contributed by atoms with van der Waals surface area (Å²) in [7, 11) is -2.03. The van der Waals surface area contributed by atoms with E-state index in [1.807, 2.05) is 0 Å². The summed E-state index contributed by atoms with van der Waals surface area (Å²) in [5.41, 5.74) is 6.57. The van der Waals surface area contributed by atoms with Crippen molar-refractivity contribution >= 4 is 27.1 Å². The van der Waals surface area contributed by atoms with Gasteiger partial charge in [0.15, 0.2) is 9.84 Å². The zero-order valence-corrected chi connectivity index (χ0v) is 10.9. The molecule has 0 saturated carbocycles. The number of methoxy groups -OCH3 is 1. The van der Waals surface area contributed by atoms with Crippen molar-refractivity contribution in [1.82, 2.24) is 0 Å². The van der Waals surface area contributed by atoms with Gasteiger partial charge in [-0.25, -0.2) is 8.42 Å². The van der Waals surface area contributed by atoms with Crippen LogP contribution < -0.4 is 11.1 Å². The van der Waals surface area contributed by atoms with Crippen molar-refractivity contribution in [2.75, 3.05) is 36.3 Å². The van der Waals surface area contributed by atoms with E-state index >= 15 is 0 Å². The standard InChI is InChI=1S/C11H16N2O4S/c1-17-6-7-18(15,16)8-11(14)13-10-4-2-9(12)3-5-10/h2-5H,6-8,12H2,1H3,(H,13,14). The Morgan fingerprint density at radius 3 is 2.50 bits per heavy atom. The lowest BCUT2D eigenvalue weighted by atomic mass is 10.3. The van der Waals surface area contributed by atoms with Crippen LogP contribution >= 0.6 is 0 Å². The van der Waals surface area contributed by atoms with Gasteiger partial charge in [-0.3, -0.25) is 4.79 Å². The van der Waals surface area contributed by atoms with E-state index in [4.69, 9.17) is 5.73 Å². The predicted octanol–water partition coefficient (Wildman–Crippen LogP) is 0.269. The molecule has 3 N–H and O–H groups in total. The lowest BCUT2D eigenvalue weighted by molar-refractivity contribution is -0.113. The first-order chi connectivity index (χ1) is 8.43. The van der Waals surface area contributed by atoms with Crippen LogP contribution in [0.2, 0.25) is 0 Å². The van der Waals surface area contributed by atoms with E-state index in [2.05, 4.69) is 10.1 Å². The molecule has 0 spiro atoms. The zero-order valence-electron chi connectivity index (χ0n) is 10.0. The summed E-state index contributed by atoms with van der Waals surface area (Å²) in [6, 6.07) is 6.45. The minimum absolute atomic E-state index is 0.0808. The lowest BCUT2D eigenvalue weighted by Gasteiger charge is -2.06. The van der Waals surface area contributed by atoms with Crippen LogP contribution in [0, 0.1) is 0 Å². The molecular formula is C11H16N2O4S. The van der Waals surface area contributed by atoms with Gasteiger partial charge in [-0.2, -0.15) is 0 Å². The molecule has 1 amide bonds. The molecule has 1 aromatic carbocycles. The van der Waals surface area contributed by atoms with E-state index < -0.39 is 21.5 Å². The van der Waals surface area contributed by atoms with Crippen LogP contribution in [-0.2, 0) is 19.4 Å². The molecule has 18 heavy (non-hydrogen) atoms. The van der Waals surface area contributed by atoms with Crippen molar-refractivity contribution in [2.45, 2.75) is 0 Å². The molecule has 7 heteroatoms. The second-order valence-corrected chi connectivity index (χ2v) is 5.94. The number of amides is 1. The third kappa shape index (κ3) is 5.15. The molecule has 0 saturated heterocycles. The third-order valence-electron chi connectivity index (χ3n) is 2.14. The van der Waals surface area contributed by atoms with E-state index in [0.717, 1.165) is 0 Å². The number of anilines is 2. The zero-order chi connectivity index (χ0) is 13.6. The Kier molecular flexibility index (Phi) is 5.11. The van der Waals surface area contributed by atoms with Gasteiger partial charge in [0.1, 0.15) is 5.75 Å². The number of nitrogens with one attached hydrogen (secondary N) is 1. The highest BCUT2D eigenvalue weighted by Gasteiger charge is 2.16. The summed E-state index contributed by atoms with van der Waals surface area (Å²) in [4.78, 5) is 11.5. The van der Waals surface area contributed by atoms with Gasteiger partial charge in [-0.05, 0) is 24.3 Å². The highest BCUT2D eigenvalue weighted by molar-refractivity contribution is 7.92. The molecule has 6 nitrogen and oxygen atoms in total. The van der Waals surface area contributed by atoms with Gasteiger partial charge < -0.3 is 15.8 Å². The lowest BCUT2D eigenvalue weighted by Crippen LogP contribution is -2.26. The Morgan fingerprint density at radius 1 is 1.33 bits per heavy atom. The molecule has 0 atom stereocenters. The molecule has 0 unspecified atom stereocenters. The molecule has 100 valence electrons. The fraction of sp³-hybridized carbons (Fsp3) is 0.364. The van der Waals surface area contributed by atoms with Crippen LogP contribution in [0.1, 0.15) is 0 Å². The average molecular weight is 272 g/mol. The second-order valence-electron chi connectivity index (χ2n) is 3.76. The van der Waals surface area contributed by atoms with E-state index in [1.54, 1.807) is 24.3 Å². The van der Waals surface area contributed by atoms with Crippen molar-refractivity contribution < 1.29 is 17.9 Å². The molecule has 1 rings (SSSR count). The summed E-state index contributed by atoms with van der Waals surface area (Å²) >= 11 is 0. The molecule has 0 aromatic heterocycles. The summed E-state index contributed by atoms with van der Waals surface area (Å²) in [6.07, 6.45) is 0. The quantitative estimate of drug-likeness (QED) is 0.724. The smallest absolute Gasteiger partial charge is 0.239 e. The topological polar surface area (TPSA) is 98.5 Å². The van der Waals surface area contributed by atoms with Crippen LogP contribution in [-0.4, -0.2) is 39.5 Å². The van der Waals surface area contributed by atoms with Crippen LogP contribution in [0.5, 0.6) is 0 Å². The molecule has 0 fully saturated rings. The van der Waals surface area contributed by atoms with E-state index in [0.29, 0.717) is 11.4 Å². The third-order valence-corrected chi connectivity index (χ3v) is 3.63. The Bertz CT molecular complexity index is 496. The fourth-order valence-corrected chi connectivity index (χ4v) is 2.28. The molecule has 0 radical (unpaired) electrons. The predicted molar refractivity (Wildman–Crippen MR) is 70.0 cm³/mol. The van der Waals surface area contributed by atoms with Crippen molar-refractivity contribution in [1.29, 1.82) is 0 Å². The van der Waals surface area contributed by atoms with Crippen molar-refractivity contribution in [3.05, 3.63) is 24.3 Å². The van der Waals surface area contributed by atoms with E-state index in [9.17, 15) is 13.2 Å². The number of nitrogens with two attached hydrogens (primary N) is 1. The summed E-state index contributed by atoms with van der Waals surface area (Å²) in [5.74, 6) is -1.30. The molecule has 0 aliphatic rings. The van der Waals surface area contributed by atoms with Crippen molar-refractivity contribution in [3.8, 4) is 0 Å². The van der Waals surface area contributed by atoms with E-state index in [1.165, 1.54) is 7.11 Å². The number of hydrogen-bond acceptors (Lipinski definition) is 5. The Balaban J connectivity index is 2.54. The molecule has 0 bridgehead atoms. The number of carbonyl (C=O) groups is 1. The first-order valence-corrected chi connectivity index (χ1v) is 7.10. The van der Waals surface area contributed by atoms with Gasteiger partial charge in [0, 0.05) is 18.5 Å². The van der Waals surface area contributed by atoms with Gasteiger partial charge in [-0.1, -0.05) is 0 Å². The van der Waals surface area contributed by atoms with Gasteiger partial charge in [0.25, 0.3) is 0 Å². The Hall–Kier alpha value is -1.60. The Morgan fingerprint density at radius 2 is 1.94 bits per heavy atom. The Labute approximate surface area is 106 Å². The SMILES string of the molecule is COCCS(=O)(=O)CC(=O)Nc1ccc(N)cc1. The summed E-state index contributed by atoms with van der Waals surface area (Å²) in [6.45, 7) is 0.0808. The van der Waals surface area contributed by atoms with Gasteiger partial charge in [0.2, 0.25) is 5.91 Å². The van der Waals surface area contributed by atoms with Gasteiger partial charge in [-0.15, -0.1) is 0 Å². The normalized spacial score (nSPS) is 11.2. The maximum absolute atomic E-state index is 11.5. The molecule has 0 aliphatic heterocycles. The summed E-state index contributed by atoms with van der Waals surface area (Å²) < 4.78 is 27.6. The monoisotopic (exact) mass is 272 g/mol. The van der Waals surface area contributed by atoms with Crippen molar-refractivity contribution in [2.24, 2.45) is 0 Å². The molecular weight excluding hydrogens is 256 g/mol. The highest BCUT2D eigenvalue weighted by atomic mass is 32.2. The number of carbonyl (C=O) groups excluding carboxylic acids is 1. The number of benzene rings is 1. The first kappa shape index (κ1) is 14.5. The summed E-state index contributed by atoms with van der Waals surface area (Å²) in [5, 5.41) is 2.49. The largest absolute Gasteiger partial charge is 0.399 e. The first-order valence-electron chi connectivity index (χ1n) is 5.28. The number of sulfone groups is 1. The minimum atomic E-state index is -3.43. The fourth-order valence-electron chi connectivity index (χ4n) is 1.25. The van der Waals surface area contributed by atoms with Gasteiger partial charge in [0.05, 0.1) is 12.4 Å². The number of nitrogen functional groups attached to an aromatic ring is 1. The molecule has 0 aliphatic carbocycles. The van der Waals surface area contributed by atoms with Crippen LogP contribution in [0.4, 0.5) is 11.4 Å². The highest BCUT2D eigenvalue weighted by Crippen LogP contribution is 2.10. The van der Waals surface area contributed by atoms with Crippen molar-refractivity contribution in [3.63, 3.8) is 0 Å². The molecule has 1 aromatic rings. The second kappa shape index (κ2) is 6.36. The van der Waals surface area contributed by atoms with E-state index in [-0.39, 0.29) is 12.4 Å². The van der Waals surface area contributed by atoms with Gasteiger partial charge >= 0.3 is 0 Å². The molecule has 0 heterocycles. The van der Waals surface area contributed by atoms with Crippen LogP contribution in [0.25, 0.3) is 0 Å². The number of hydrogen-bond donors (Lipinski definition) is 2. The number of ether oxygens (including phenoxy) is 1. The number of rotatable bonds is 6. The maximum Gasteiger partial charge on any atom is 0.239 e. The maximum atomic E-state index is 11.5. The van der Waals surface area contributed by atoms with Crippen LogP contribution in [0.3, 0.4) is 0 Å².